The summed E-state index contributed by atoms with van der Waals surface area (Å²) in [5.41, 5.74) is 1.23. The van der Waals surface area contributed by atoms with Gasteiger partial charge in [0, 0.05) is 30.4 Å². The number of rotatable bonds is 6. The summed E-state index contributed by atoms with van der Waals surface area (Å²) in [7, 11) is 0. The van der Waals surface area contributed by atoms with Gasteiger partial charge in [-0.1, -0.05) is 6.07 Å². The van der Waals surface area contributed by atoms with Crippen molar-refractivity contribution in [2.75, 3.05) is 18.4 Å². The molecule has 0 fully saturated rings. The lowest BCUT2D eigenvalue weighted by Gasteiger charge is -2.24. The number of carbonyl (C=O) groups is 1. The molecule has 0 aliphatic carbocycles. The molecule has 0 heterocycles. The molecule has 1 N–H and O–H groups in total. The normalized spacial score (nSPS) is 11.8. The third-order valence-electron chi connectivity index (χ3n) is 3.23. The summed E-state index contributed by atoms with van der Waals surface area (Å²) < 4.78 is 0. The number of nitro benzene ring substituents is 1. The number of anilines is 1. The average Bonchev–Trinajstić information content (AvgIpc) is 2.41. The Morgan fingerprint density at radius 2 is 2.00 bits per heavy atom. The number of hydrogen-bond acceptors (Lipinski definition) is 4. The monoisotopic (exact) mass is 279 g/mol. The maximum atomic E-state index is 12.1. The lowest BCUT2D eigenvalue weighted by Crippen LogP contribution is -2.41. The van der Waals surface area contributed by atoms with Gasteiger partial charge in [0.1, 0.15) is 6.04 Å². The number of nitrogens with one attached hydrogen (secondary N) is 1. The number of hydrogen-bond donors (Lipinski definition) is 1. The Hall–Kier alpha value is -2.11. The van der Waals surface area contributed by atoms with Gasteiger partial charge in [0.15, 0.2) is 0 Å². The predicted octanol–water partition coefficient (Wildman–Crippen LogP) is 2.57. The van der Waals surface area contributed by atoms with Gasteiger partial charge in [0.05, 0.1) is 4.92 Å². The third kappa shape index (κ3) is 3.69. The number of nitro groups is 1. The summed E-state index contributed by atoms with van der Waals surface area (Å²) in [5.74, 6) is -0.0155. The summed E-state index contributed by atoms with van der Waals surface area (Å²) in [6.45, 7) is 8.58. The molecule has 1 atom stereocenters. The predicted molar refractivity (Wildman–Crippen MR) is 78.8 cm³/mol. The highest BCUT2D eigenvalue weighted by atomic mass is 16.6. The van der Waals surface area contributed by atoms with E-state index in [-0.39, 0.29) is 11.6 Å². The molecule has 1 unspecified atom stereocenters. The van der Waals surface area contributed by atoms with Crippen LogP contribution in [0.2, 0.25) is 0 Å². The number of amides is 1. The van der Waals surface area contributed by atoms with Crippen molar-refractivity contribution < 1.29 is 9.72 Å². The van der Waals surface area contributed by atoms with E-state index >= 15 is 0 Å². The van der Waals surface area contributed by atoms with Gasteiger partial charge >= 0.3 is 0 Å². The number of carbonyl (C=O) groups excluding carboxylic acids is 1. The fraction of sp³-hybridized carbons (Fsp3) is 0.500. The Morgan fingerprint density at radius 1 is 1.40 bits per heavy atom. The second-order valence-corrected chi connectivity index (χ2v) is 4.63. The zero-order valence-electron chi connectivity index (χ0n) is 12.3. The van der Waals surface area contributed by atoms with Crippen LogP contribution in [0.25, 0.3) is 0 Å². The molecule has 0 saturated heterocycles. The number of likely N-dealkylation sites (N-methyl/N-ethyl adjacent to an activating group) is 1. The Bertz CT molecular complexity index is 498. The zero-order chi connectivity index (χ0) is 15.3. The van der Waals surface area contributed by atoms with Crippen LogP contribution in [0.3, 0.4) is 0 Å². The summed E-state index contributed by atoms with van der Waals surface area (Å²) >= 11 is 0. The lowest BCUT2D eigenvalue weighted by atomic mass is 10.1. The maximum absolute atomic E-state index is 12.1. The first-order valence-corrected chi connectivity index (χ1v) is 6.71. The number of benzene rings is 1. The van der Waals surface area contributed by atoms with E-state index in [1.54, 1.807) is 30.9 Å². The Kier molecular flexibility index (Phi) is 5.49. The summed E-state index contributed by atoms with van der Waals surface area (Å²) in [6, 6.07) is 4.46. The van der Waals surface area contributed by atoms with Crippen LogP contribution in [0.15, 0.2) is 18.2 Å². The molecule has 0 saturated carbocycles. The standard InChI is InChI=1S/C14H21N3O3/c1-5-16(6-2)14(18)11(4)15-12-8-7-10(3)13(9-12)17(19)20/h7-9,11,15H,5-6H2,1-4H3. The molecule has 1 aromatic carbocycles. The molecule has 1 rings (SSSR count). The second kappa shape index (κ2) is 6.88. The van der Waals surface area contributed by atoms with Crippen molar-refractivity contribution in [1.29, 1.82) is 0 Å². The van der Waals surface area contributed by atoms with E-state index in [4.69, 9.17) is 0 Å². The Morgan fingerprint density at radius 3 is 2.50 bits per heavy atom. The topological polar surface area (TPSA) is 75.5 Å². The minimum absolute atomic E-state index is 0.0155. The van der Waals surface area contributed by atoms with Crippen molar-refractivity contribution >= 4 is 17.3 Å². The Balaban J connectivity index is 2.85. The number of aryl methyl sites for hydroxylation is 1. The summed E-state index contributed by atoms with van der Waals surface area (Å²) in [4.78, 5) is 24.3. The van der Waals surface area contributed by atoms with Crippen LogP contribution in [0.1, 0.15) is 26.3 Å². The molecule has 20 heavy (non-hydrogen) atoms. The molecule has 0 aliphatic rings. The number of nitrogens with zero attached hydrogens (tertiary/aromatic N) is 2. The Labute approximate surface area is 118 Å². The van der Waals surface area contributed by atoms with Gasteiger partial charge < -0.3 is 10.2 Å². The average molecular weight is 279 g/mol. The maximum Gasteiger partial charge on any atom is 0.274 e. The molecule has 6 heteroatoms. The fourth-order valence-corrected chi connectivity index (χ4v) is 2.02. The molecule has 0 aromatic heterocycles. The molecular formula is C14H21N3O3. The van der Waals surface area contributed by atoms with E-state index in [0.29, 0.717) is 24.3 Å². The van der Waals surface area contributed by atoms with Crippen LogP contribution in [0, 0.1) is 17.0 Å². The highest BCUT2D eigenvalue weighted by Gasteiger charge is 2.19. The molecule has 0 spiro atoms. The van der Waals surface area contributed by atoms with E-state index in [1.807, 2.05) is 13.8 Å². The van der Waals surface area contributed by atoms with Gasteiger partial charge in [-0.3, -0.25) is 14.9 Å². The van der Waals surface area contributed by atoms with Crippen LogP contribution in [0.5, 0.6) is 0 Å². The van der Waals surface area contributed by atoms with Crippen molar-refractivity contribution in [2.45, 2.75) is 33.7 Å². The van der Waals surface area contributed by atoms with Gasteiger partial charge in [0.25, 0.3) is 5.69 Å². The van der Waals surface area contributed by atoms with Crippen molar-refractivity contribution in [3.63, 3.8) is 0 Å². The summed E-state index contributed by atoms with van der Waals surface area (Å²) in [5, 5.41) is 13.9. The largest absolute Gasteiger partial charge is 0.374 e. The molecule has 110 valence electrons. The van der Waals surface area contributed by atoms with Crippen LogP contribution in [-0.4, -0.2) is 34.9 Å². The van der Waals surface area contributed by atoms with Gasteiger partial charge in [-0.25, -0.2) is 0 Å². The van der Waals surface area contributed by atoms with E-state index < -0.39 is 11.0 Å². The molecular weight excluding hydrogens is 258 g/mol. The van der Waals surface area contributed by atoms with E-state index in [9.17, 15) is 14.9 Å². The zero-order valence-corrected chi connectivity index (χ0v) is 12.3. The smallest absolute Gasteiger partial charge is 0.274 e. The molecule has 0 aliphatic heterocycles. The quantitative estimate of drug-likeness (QED) is 0.641. The third-order valence-corrected chi connectivity index (χ3v) is 3.23. The lowest BCUT2D eigenvalue weighted by molar-refractivity contribution is -0.385. The van der Waals surface area contributed by atoms with Crippen molar-refractivity contribution in [3.8, 4) is 0 Å². The van der Waals surface area contributed by atoms with Gasteiger partial charge in [-0.2, -0.15) is 0 Å². The highest BCUT2D eigenvalue weighted by molar-refractivity contribution is 5.84. The van der Waals surface area contributed by atoms with Crippen LogP contribution in [-0.2, 0) is 4.79 Å². The van der Waals surface area contributed by atoms with Gasteiger partial charge in [0.2, 0.25) is 5.91 Å². The first-order chi connectivity index (χ1) is 9.40. The fourth-order valence-electron chi connectivity index (χ4n) is 2.02. The SMILES string of the molecule is CCN(CC)C(=O)C(C)Nc1ccc(C)c([N+](=O)[O-])c1. The van der Waals surface area contributed by atoms with Crippen molar-refractivity contribution in [2.24, 2.45) is 0 Å². The van der Waals surface area contributed by atoms with Gasteiger partial charge in [-0.05, 0) is 33.8 Å². The molecule has 6 nitrogen and oxygen atoms in total. The minimum Gasteiger partial charge on any atom is -0.374 e. The van der Waals surface area contributed by atoms with Crippen LogP contribution < -0.4 is 5.32 Å². The molecule has 0 bridgehead atoms. The highest BCUT2D eigenvalue weighted by Crippen LogP contribution is 2.22. The minimum atomic E-state index is -0.419. The first-order valence-electron chi connectivity index (χ1n) is 6.71. The second-order valence-electron chi connectivity index (χ2n) is 4.63. The molecule has 0 radical (unpaired) electrons. The van der Waals surface area contributed by atoms with E-state index in [0.717, 1.165) is 0 Å². The van der Waals surface area contributed by atoms with E-state index in [2.05, 4.69) is 5.32 Å². The van der Waals surface area contributed by atoms with E-state index in [1.165, 1.54) is 6.07 Å². The first kappa shape index (κ1) is 15.9. The van der Waals surface area contributed by atoms with Crippen LogP contribution in [0.4, 0.5) is 11.4 Å². The van der Waals surface area contributed by atoms with Gasteiger partial charge in [-0.15, -0.1) is 0 Å². The molecule has 1 aromatic rings. The molecule has 1 amide bonds. The summed E-state index contributed by atoms with van der Waals surface area (Å²) in [6.07, 6.45) is 0. The van der Waals surface area contributed by atoms with Crippen molar-refractivity contribution in [3.05, 3.63) is 33.9 Å². The van der Waals surface area contributed by atoms with Crippen LogP contribution >= 0.6 is 0 Å². The van der Waals surface area contributed by atoms with Crippen molar-refractivity contribution in [1.82, 2.24) is 4.90 Å².